The summed E-state index contributed by atoms with van der Waals surface area (Å²) in [5, 5.41) is 3.60. The Balaban J connectivity index is 1.10. The highest BCUT2D eigenvalue weighted by Crippen LogP contribution is 2.59. The number of thioether (sulfide) groups is 1. The first-order valence-corrected chi connectivity index (χ1v) is 33.9. The molecule has 2 heterocycles. The van der Waals surface area contributed by atoms with Crippen molar-refractivity contribution < 1.29 is 63.2 Å². The van der Waals surface area contributed by atoms with Gasteiger partial charge in [-0.05, 0) is 122 Å². The maximum Gasteiger partial charge on any atom is 0.501 e. The Morgan fingerprint density at radius 3 is 2.06 bits per heavy atom. The highest BCUT2D eigenvalue weighted by Gasteiger charge is 2.59. The summed E-state index contributed by atoms with van der Waals surface area (Å²) in [5.74, 6) is -2.84. The van der Waals surface area contributed by atoms with Gasteiger partial charge in [0.15, 0.2) is 5.79 Å². The molecule has 2 aliphatic rings. The Labute approximate surface area is 502 Å². The summed E-state index contributed by atoms with van der Waals surface area (Å²) in [5.41, 5.74) is -5.16. The number of ether oxygens (including phenoxy) is 2. The van der Waals surface area contributed by atoms with Crippen LogP contribution in [-0.2, 0) is 38.4 Å². The average Bonchev–Trinajstić information content (AvgIpc) is 1.71. The number of amides is 1. The third kappa shape index (κ3) is 16.5. The zero-order valence-corrected chi connectivity index (χ0v) is 52.7. The quantitative estimate of drug-likeness (QED) is 0.0258. The number of morpholine rings is 1. The molecule has 4 N–H and O–H groups in total. The number of sulfonamides is 1. The highest BCUT2D eigenvalue weighted by molar-refractivity contribution is 7.99. The van der Waals surface area contributed by atoms with Crippen molar-refractivity contribution in [3.63, 3.8) is 0 Å². The van der Waals surface area contributed by atoms with E-state index < -0.39 is 83.3 Å². The van der Waals surface area contributed by atoms with Gasteiger partial charge in [0, 0.05) is 82.6 Å². The molecule has 3 atom stereocenters. The molecule has 460 valence electrons. The second kappa shape index (κ2) is 27.7. The fourth-order valence-electron chi connectivity index (χ4n) is 11.2. The Bertz CT molecular complexity index is 3270. The number of hydrogen-bond donors (Lipinski definition) is 4. The van der Waals surface area contributed by atoms with Crippen LogP contribution >= 0.6 is 31.2 Å². The summed E-state index contributed by atoms with van der Waals surface area (Å²) in [4.78, 5) is 39.9. The van der Waals surface area contributed by atoms with Crippen LogP contribution in [0.2, 0.25) is 5.02 Å². The maximum atomic E-state index is 14.5. The largest absolute Gasteiger partial charge is 0.501 e. The van der Waals surface area contributed by atoms with E-state index >= 15 is 0 Å². The molecule has 7 rings (SSSR count). The molecule has 2 saturated heterocycles. The van der Waals surface area contributed by atoms with Crippen LogP contribution in [0.25, 0.3) is 11.1 Å². The van der Waals surface area contributed by atoms with Gasteiger partial charge in [-0.15, -0.1) is 11.8 Å². The number of nitrogens with zero attached hydrogens (tertiary/aromatic N) is 3. The number of benzene rings is 5. The lowest BCUT2D eigenvalue weighted by molar-refractivity contribution is -0.328. The number of phosphoric acid groups is 1. The topological polar surface area (TPSA) is 204 Å². The van der Waals surface area contributed by atoms with Crippen molar-refractivity contribution in [1.82, 2.24) is 14.5 Å². The van der Waals surface area contributed by atoms with Gasteiger partial charge in [-0.2, -0.15) is 13.2 Å². The first kappa shape index (κ1) is 67.0. The zero-order valence-electron chi connectivity index (χ0n) is 48.6. The summed E-state index contributed by atoms with van der Waals surface area (Å²) >= 11 is 7.73. The van der Waals surface area contributed by atoms with E-state index in [2.05, 4.69) is 33.9 Å². The van der Waals surface area contributed by atoms with Gasteiger partial charge in [0.1, 0.15) is 4.90 Å². The molecule has 0 bridgehead atoms. The van der Waals surface area contributed by atoms with E-state index in [1.165, 1.54) is 23.9 Å². The average molecular weight is 1260 g/mol. The van der Waals surface area contributed by atoms with Crippen LogP contribution in [0.1, 0.15) is 96.7 Å². The fourth-order valence-corrected chi connectivity index (χ4v) is 15.3. The van der Waals surface area contributed by atoms with Gasteiger partial charge < -0.3 is 34.4 Å². The summed E-state index contributed by atoms with van der Waals surface area (Å²) in [7, 11) is -16.3. The number of rotatable bonds is 24. The standard InChI is InChI=1S/C60H78ClF3N5O11PS3/c1-9-67(10-2)39-48-40-78-37-36-69(48)35-32-46(41-82-49-16-12-11-13-17-49)65-53-29-28-50(38-54(53)83(74,75)60(62,63)64)84(76,77)66-56(70)44-22-26-47(27-23-44)68-33-30-43(31-34-68)55(52-19-15-14-18-51(52)42-20-24-45(61)25-21-42)79-59(57(3,4)5,58(6,7)8)80-81(71,72)73/h11-29,38,43,46,48,55,65H,9-10,30-37,39-41H2,1-8H3,(H,66,70)(H2,71,72,73)/t46-,48+,55?/m1/s1. The number of carbonyl (C=O) groups is 1. The van der Waals surface area contributed by atoms with Gasteiger partial charge in [-0.1, -0.05) is 122 Å². The Morgan fingerprint density at radius 1 is 0.845 bits per heavy atom. The molecule has 0 spiro atoms. The number of anilines is 2. The third-order valence-corrected chi connectivity index (χ3v) is 20.3. The van der Waals surface area contributed by atoms with Gasteiger partial charge in [0.25, 0.3) is 25.8 Å². The lowest BCUT2D eigenvalue weighted by atomic mass is 9.70. The molecule has 0 radical (unpaired) electrons. The van der Waals surface area contributed by atoms with Crippen LogP contribution in [-0.4, -0.2) is 130 Å². The molecule has 84 heavy (non-hydrogen) atoms. The number of likely N-dealkylation sites (N-methyl/N-ethyl adjacent to an activating group) is 1. The molecule has 16 nitrogen and oxygen atoms in total. The lowest BCUT2D eigenvalue weighted by Crippen LogP contribution is -2.57. The summed E-state index contributed by atoms with van der Waals surface area (Å²) in [6, 6.07) is 32.3. The molecule has 24 heteroatoms. The summed E-state index contributed by atoms with van der Waals surface area (Å²) in [6.07, 6.45) is 0.691. The number of sulfone groups is 1. The van der Waals surface area contributed by atoms with Crippen LogP contribution < -0.4 is 14.9 Å². The first-order chi connectivity index (χ1) is 39.4. The Hall–Kier alpha value is -4.55. The predicted octanol–water partition coefficient (Wildman–Crippen LogP) is 12.3. The van der Waals surface area contributed by atoms with Gasteiger partial charge >= 0.3 is 13.3 Å². The molecule has 5 aromatic carbocycles. The molecular weight excluding hydrogens is 1190 g/mol. The Kier molecular flexibility index (Phi) is 22.0. The summed E-state index contributed by atoms with van der Waals surface area (Å²) in [6.45, 7) is 20.5. The highest BCUT2D eigenvalue weighted by atomic mass is 35.5. The normalized spacial score (nSPS) is 17.3. The number of phosphoric ester groups is 1. The summed E-state index contributed by atoms with van der Waals surface area (Å²) < 4.78 is 132. The smallest absolute Gasteiger partial charge is 0.380 e. The van der Waals surface area contributed by atoms with E-state index in [1.54, 1.807) is 24.3 Å². The lowest BCUT2D eigenvalue weighted by Gasteiger charge is -2.54. The maximum absolute atomic E-state index is 14.5. The van der Waals surface area contributed by atoms with Crippen LogP contribution in [0.5, 0.6) is 0 Å². The van der Waals surface area contributed by atoms with Crippen molar-refractivity contribution in [2.24, 2.45) is 16.7 Å². The minimum absolute atomic E-state index is 0.0554. The second-order valence-corrected chi connectivity index (χ2v) is 29.5. The van der Waals surface area contributed by atoms with Crippen molar-refractivity contribution >= 4 is 68.3 Å². The molecule has 0 aliphatic carbocycles. The SMILES string of the molecule is CCN(CC)C[C@H]1COCCN1CC[C@H](CSc1ccccc1)Nc1ccc(S(=O)(=O)NC(=O)c2ccc(N3CCC(C(OC(OP(=O)(O)O)(C(C)(C)C)C(C)(C)C)c4ccccc4-c4ccc(Cl)cc4)CC3)cc2)cc1S(=O)(=O)C(F)(F)F. The number of carbonyl (C=O) groups excluding carboxylic acids is 1. The van der Waals surface area contributed by atoms with E-state index in [0.717, 1.165) is 53.4 Å². The van der Waals surface area contributed by atoms with Crippen LogP contribution in [0, 0.1) is 16.7 Å². The molecule has 0 saturated carbocycles. The van der Waals surface area contributed by atoms with E-state index in [-0.39, 0.29) is 17.5 Å². The van der Waals surface area contributed by atoms with Gasteiger partial charge in [0.05, 0.1) is 29.9 Å². The number of nitrogens with one attached hydrogen (secondary N) is 2. The number of halogens is 4. The molecular formula is C60H78ClF3N5O11PS3. The fraction of sp³-hybridized carbons (Fsp3) is 0.483. The first-order valence-electron chi connectivity index (χ1n) is 28.0. The van der Waals surface area contributed by atoms with Crippen LogP contribution in [0.4, 0.5) is 24.5 Å². The number of alkyl halides is 3. The van der Waals surface area contributed by atoms with E-state index in [9.17, 15) is 49.2 Å². The van der Waals surface area contributed by atoms with Gasteiger partial charge in [0.2, 0.25) is 0 Å². The Morgan fingerprint density at radius 2 is 1.46 bits per heavy atom. The predicted molar refractivity (Wildman–Crippen MR) is 324 cm³/mol. The number of piperidine rings is 1. The monoisotopic (exact) mass is 1260 g/mol. The van der Waals surface area contributed by atoms with Crippen molar-refractivity contribution in [3.05, 3.63) is 137 Å². The van der Waals surface area contributed by atoms with E-state index in [1.807, 2.05) is 113 Å². The van der Waals surface area contributed by atoms with Crippen molar-refractivity contribution in [1.29, 1.82) is 0 Å². The third-order valence-electron chi connectivity index (χ3n) is 15.5. The minimum atomic E-state index is -6.16. The second-order valence-electron chi connectivity index (χ2n) is 23.2. The van der Waals surface area contributed by atoms with Crippen LogP contribution in [0.3, 0.4) is 0 Å². The molecule has 1 amide bonds. The molecule has 2 fully saturated rings. The van der Waals surface area contributed by atoms with Gasteiger partial charge in [-0.25, -0.2) is 26.1 Å². The van der Waals surface area contributed by atoms with E-state index in [4.69, 9.17) is 25.6 Å². The molecule has 5 aromatic rings. The number of hydrogen-bond acceptors (Lipinski definition) is 14. The van der Waals surface area contributed by atoms with Crippen LogP contribution in [0.15, 0.2) is 136 Å². The molecule has 0 aromatic heterocycles. The van der Waals surface area contributed by atoms with Crippen molar-refractivity contribution in [2.75, 3.05) is 75.0 Å². The zero-order chi connectivity index (χ0) is 61.5. The minimum Gasteiger partial charge on any atom is -0.380 e. The van der Waals surface area contributed by atoms with E-state index in [0.29, 0.717) is 81.2 Å². The van der Waals surface area contributed by atoms with Gasteiger partial charge in [-0.3, -0.25) is 14.2 Å². The van der Waals surface area contributed by atoms with Crippen molar-refractivity contribution in [2.45, 2.75) is 119 Å². The molecule has 2 aliphatic heterocycles. The molecule has 1 unspecified atom stereocenters. The van der Waals surface area contributed by atoms with Crippen molar-refractivity contribution in [3.8, 4) is 11.1 Å².